The average Bonchev–Trinajstić information content (AvgIpc) is 2.99. The lowest BCUT2D eigenvalue weighted by Crippen LogP contribution is -2.46. The molecule has 2 heterocycles. The number of nitrogens with one attached hydrogen (secondary N) is 2. The number of urea groups is 1. The monoisotopic (exact) mass is 331 g/mol. The van der Waals surface area contributed by atoms with Gasteiger partial charge in [-0.05, 0) is 29.6 Å². The van der Waals surface area contributed by atoms with Gasteiger partial charge in [0.05, 0.1) is 12.7 Å². The number of carbonyl (C=O) groups excluding carboxylic acids is 1. The van der Waals surface area contributed by atoms with E-state index in [4.69, 9.17) is 4.74 Å². The van der Waals surface area contributed by atoms with Crippen LogP contribution in [-0.2, 0) is 11.8 Å². The number of amides is 2. The minimum atomic E-state index is -0.264. The zero-order chi connectivity index (χ0) is 16.9. The van der Waals surface area contributed by atoms with Crippen LogP contribution < -0.4 is 10.6 Å². The van der Waals surface area contributed by atoms with Crippen LogP contribution in [0.1, 0.15) is 0 Å². The van der Waals surface area contributed by atoms with E-state index >= 15 is 0 Å². The molecule has 1 saturated heterocycles. The van der Waals surface area contributed by atoms with E-state index in [0.717, 1.165) is 18.7 Å². The molecule has 24 heavy (non-hydrogen) atoms. The highest BCUT2D eigenvalue weighted by atomic mass is 16.5. The molecular formula is C15H21N7O2. The van der Waals surface area contributed by atoms with Crippen molar-refractivity contribution in [3.63, 3.8) is 0 Å². The number of benzene rings is 1. The van der Waals surface area contributed by atoms with Gasteiger partial charge >= 0.3 is 6.03 Å². The Hall–Kier alpha value is -2.52. The number of aromatic nitrogens is 4. The number of hydrogen-bond donors (Lipinski definition) is 2. The van der Waals surface area contributed by atoms with E-state index in [9.17, 15) is 4.79 Å². The highest BCUT2D eigenvalue weighted by Crippen LogP contribution is 2.19. The molecule has 9 nitrogen and oxygen atoms in total. The summed E-state index contributed by atoms with van der Waals surface area (Å²) in [5.74, 6) is 0.637. The third-order valence-corrected chi connectivity index (χ3v) is 3.83. The summed E-state index contributed by atoms with van der Waals surface area (Å²) in [5.41, 5.74) is 1.51. The third-order valence-electron chi connectivity index (χ3n) is 3.83. The van der Waals surface area contributed by atoms with Crippen molar-refractivity contribution in [2.24, 2.45) is 7.05 Å². The van der Waals surface area contributed by atoms with Gasteiger partial charge in [0.2, 0.25) is 0 Å². The predicted molar refractivity (Wildman–Crippen MR) is 88.5 cm³/mol. The maximum absolute atomic E-state index is 12.1. The first-order valence-corrected chi connectivity index (χ1v) is 7.79. The van der Waals surface area contributed by atoms with Crippen molar-refractivity contribution in [1.82, 2.24) is 30.4 Å². The van der Waals surface area contributed by atoms with Gasteiger partial charge in [-0.25, -0.2) is 9.48 Å². The molecule has 1 unspecified atom stereocenters. The Balaban J connectivity index is 1.56. The standard InChI is InChI=1S/C15H21N7O2/c1-21-6-7-24-13(10-21)9-16-15(23)17-12-5-3-4-11(8-12)14-18-19-20-22(14)2/h3-5,8,13H,6-7,9-10H2,1-2H3,(H2,16,17,23). The molecule has 2 amide bonds. The molecule has 128 valence electrons. The maximum atomic E-state index is 12.1. The molecule has 1 aromatic carbocycles. The summed E-state index contributed by atoms with van der Waals surface area (Å²) in [5, 5.41) is 17.1. The van der Waals surface area contributed by atoms with Crippen molar-refractivity contribution >= 4 is 11.7 Å². The number of ether oxygens (including phenoxy) is 1. The Morgan fingerprint density at radius 1 is 1.42 bits per heavy atom. The number of rotatable bonds is 4. The molecule has 0 spiro atoms. The van der Waals surface area contributed by atoms with Crippen LogP contribution in [-0.4, -0.2) is 70.5 Å². The SMILES string of the molecule is CN1CCOC(CNC(=O)Nc2cccc(-c3nnnn3C)c2)C1. The third kappa shape index (κ3) is 4.06. The molecule has 3 rings (SSSR count). The van der Waals surface area contributed by atoms with E-state index in [1.54, 1.807) is 11.7 Å². The molecular weight excluding hydrogens is 310 g/mol. The molecule has 1 aromatic heterocycles. The van der Waals surface area contributed by atoms with Crippen molar-refractivity contribution < 1.29 is 9.53 Å². The van der Waals surface area contributed by atoms with Gasteiger partial charge in [-0.1, -0.05) is 12.1 Å². The molecule has 1 aliphatic rings. The number of nitrogens with zero attached hydrogens (tertiary/aromatic N) is 5. The summed E-state index contributed by atoms with van der Waals surface area (Å²) in [6.45, 7) is 2.91. The normalized spacial score (nSPS) is 18.3. The van der Waals surface area contributed by atoms with E-state index in [0.29, 0.717) is 24.7 Å². The van der Waals surface area contributed by atoms with Crippen LogP contribution in [0.5, 0.6) is 0 Å². The number of hydrogen-bond acceptors (Lipinski definition) is 6. The largest absolute Gasteiger partial charge is 0.374 e. The Morgan fingerprint density at radius 3 is 3.04 bits per heavy atom. The summed E-state index contributed by atoms with van der Waals surface area (Å²) >= 11 is 0. The van der Waals surface area contributed by atoms with E-state index < -0.39 is 0 Å². The zero-order valence-corrected chi connectivity index (χ0v) is 13.8. The summed E-state index contributed by atoms with van der Waals surface area (Å²) in [4.78, 5) is 14.3. The molecule has 2 N–H and O–H groups in total. The molecule has 1 fully saturated rings. The molecule has 0 aliphatic carbocycles. The lowest BCUT2D eigenvalue weighted by Gasteiger charge is -2.30. The first-order valence-electron chi connectivity index (χ1n) is 7.79. The topological polar surface area (TPSA) is 97.2 Å². The Bertz CT molecular complexity index is 703. The quantitative estimate of drug-likeness (QED) is 0.838. The maximum Gasteiger partial charge on any atom is 0.319 e. The lowest BCUT2D eigenvalue weighted by atomic mass is 10.2. The Morgan fingerprint density at radius 2 is 2.29 bits per heavy atom. The number of tetrazole rings is 1. The Kier molecular flexibility index (Phi) is 5.02. The van der Waals surface area contributed by atoms with Crippen LogP contribution in [0.2, 0.25) is 0 Å². The van der Waals surface area contributed by atoms with Crippen LogP contribution in [0.25, 0.3) is 11.4 Å². The van der Waals surface area contributed by atoms with Crippen molar-refractivity contribution in [3.05, 3.63) is 24.3 Å². The summed E-state index contributed by atoms with van der Waals surface area (Å²) in [6, 6.07) is 7.12. The fourth-order valence-electron chi connectivity index (χ4n) is 2.58. The smallest absolute Gasteiger partial charge is 0.319 e. The molecule has 0 bridgehead atoms. The zero-order valence-electron chi connectivity index (χ0n) is 13.8. The second-order valence-corrected chi connectivity index (χ2v) is 5.80. The summed E-state index contributed by atoms with van der Waals surface area (Å²) < 4.78 is 7.20. The molecule has 1 aliphatic heterocycles. The van der Waals surface area contributed by atoms with Gasteiger partial charge in [-0.3, -0.25) is 0 Å². The van der Waals surface area contributed by atoms with E-state index in [2.05, 4.69) is 31.1 Å². The van der Waals surface area contributed by atoms with Gasteiger partial charge in [-0.2, -0.15) is 0 Å². The van der Waals surface area contributed by atoms with Crippen LogP contribution >= 0.6 is 0 Å². The highest BCUT2D eigenvalue weighted by molar-refractivity contribution is 5.89. The number of aryl methyl sites for hydroxylation is 1. The molecule has 9 heteroatoms. The fraction of sp³-hybridized carbons (Fsp3) is 0.467. The van der Waals surface area contributed by atoms with E-state index in [-0.39, 0.29) is 12.1 Å². The van der Waals surface area contributed by atoms with Gasteiger partial charge in [-0.15, -0.1) is 5.10 Å². The van der Waals surface area contributed by atoms with Gasteiger partial charge in [0.25, 0.3) is 0 Å². The second-order valence-electron chi connectivity index (χ2n) is 5.80. The fourth-order valence-corrected chi connectivity index (χ4v) is 2.58. The van der Waals surface area contributed by atoms with Gasteiger partial charge in [0, 0.05) is 37.9 Å². The van der Waals surface area contributed by atoms with E-state index in [1.165, 1.54) is 0 Å². The number of anilines is 1. The van der Waals surface area contributed by atoms with Crippen molar-refractivity contribution in [3.8, 4) is 11.4 Å². The van der Waals surface area contributed by atoms with Gasteiger partial charge in [0.1, 0.15) is 0 Å². The number of morpholine rings is 1. The molecule has 2 aromatic rings. The average molecular weight is 331 g/mol. The minimum Gasteiger partial charge on any atom is -0.374 e. The summed E-state index contributed by atoms with van der Waals surface area (Å²) in [7, 11) is 3.81. The first kappa shape index (κ1) is 16.3. The minimum absolute atomic E-state index is 0.0190. The van der Waals surface area contributed by atoms with Gasteiger partial charge < -0.3 is 20.3 Å². The van der Waals surface area contributed by atoms with E-state index in [1.807, 2.05) is 31.3 Å². The first-order chi connectivity index (χ1) is 11.6. The molecule has 0 saturated carbocycles. The molecule has 0 radical (unpaired) electrons. The highest BCUT2D eigenvalue weighted by Gasteiger charge is 2.18. The van der Waals surface area contributed by atoms with Crippen LogP contribution in [0.3, 0.4) is 0 Å². The molecule has 1 atom stereocenters. The van der Waals surface area contributed by atoms with Crippen LogP contribution in [0, 0.1) is 0 Å². The predicted octanol–water partition coefficient (Wildman–Crippen LogP) is 0.329. The van der Waals surface area contributed by atoms with Crippen molar-refractivity contribution in [2.45, 2.75) is 6.10 Å². The van der Waals surface area contributed by atoms with Crippen molar-refractivity contribution in [2.75, 3.05) is 38.6 Å². The van der Waals surface area contributed by atoms with Crippen molar-refractivity contribution in [1.29, 1.82) is 0 Å². The number of carbonyl (C=O) groups is 1. The Labute approximate surface area is 140 Å². The number of likely N-dealkylation sites (N-methyl/N-ethyl adjacent to an activating group) is 1. The van der Waals surface area contributed by atoms with Gasteiger partial charge in [0.15, 0.2) is 5.82 Å². The van der Waals surface area contributed by atoms with Crippen LogP contribution in [0.15, 0.2) is 24.3 Å². The van der Waals surface area contributed by atoms with Crippen LogP contribution in [0.4, 0.5) is 10.5 Å². The summed E-state index contributed by atoms with van der Waals surface area (Å²) in [6.07, 6.45) is 0.0190. The second kappa shape index (κ2) is 7.37. The lowest BCUT2D eigenvalue weighted by molar-refractivity contribution is -0.0166.